The molecule has 1 amide bonds. The van der Waals surface area contributed by atoms with E-state index in [1.54, 1.807) is 6.92 Å². The van der Waals surface area contributed by atoms with Crippen LogP contribution >= 0.6 is 0 Å². The molecule has 2 aliphatic carbocycles. The number of ketones is 1. The molecular formula is C19H32N2O2. The highest BCUT2D eigenvalue weighted by Crippen LogP contribution is 2.40. The first-order valence-corrected chi connectivity index (χ1v) is 9.59. The number of carbonyl (C=O) groups excluding carboxylic acids is 2. The van der Waals surface area contributed by atoms with Crippen LogP contribution in [-0.2, 0) is 9.59 Å². The van der Waals surface area contributed by atoms with E-state index in [0.29, 0.717) is 17.8 Å². The lowest BCUT2D eigenvalue weighted by Gasteiger charge is -2.33. The van der Waals surface area contributed by atoms with E-state index >= 15 is 0 Å². The third-order valence-corrected chi connectivity index (χ3v) is 6.50. The van der Waals surface area contributed by atoms with Crippen LogP contribution in [0.2, 0.25) is 0 Å². The molecule has 2 unspecified atom stereocenters. The van der Waals surface area contributed by atoms with Crippen molar-refractivity contribution in [2.24, 2.45) is 17.8 Å². The Morgan fingerprint density at radius 2 is 1.65 bits per heavy atom. The van der Waals surface area contributed by atoms with Gasteiger partial charge in [0.1, 0.15) is 0 Å². The van der Waals surface area contributed by atoms with E-state index in [-0.39, 0.29) is 23.8 Å². The Labute approximate surface area is 140 Å². The van der Waals surface area contributed by atoms with Gasteiger partial charge >= 0.3 is 0 Å². The fourth-order valence-electron chi connectivity index (χ4n) is 5.34. The predicted molar refractivity (Wildman–Crippen MR) is 91.1 cm³/mol. The number of hydrogen-bond donors (Lipinski definition) is 1. The molecule has 1 heterocycles. The van der Waals surface area contributed by atoms with E-state index in [4.69, 9.17) is 0 Å². The first-order valence-electron chi connectivity index (χ1n) is 9.59. The Morgan fingerprint density at radius 1 is 1.00 bits per heavy atom. The monoisotopic (exact) mass is 320 g/mol. The molecule has 0 bridgehead atoms. The molecule has 1 N–H and O–H groups in total. The zero-order valence-corrected chi connectivity index (χ0v) is 14.7. The minimum atomic E-state index is -0.265. The minimum absolute atomic E-state index is 0.0225. The van der Waals surface area contributed by atoms with E-state index in [0.717, 1.165) is 19.4 Å². The van der Waals surface area contributed by atoms with Crippen molar-refractivity contribution < 1.29 is 9.59 Å². The number of likely N-dealkylation sites (tertiary alicyclic amines) is 1. The second kappa shape index (κ2) is 7.33. The van der Waals surface area contributed by atoms with Crippen LogP contribution in [0.3, 0.4) is 0 Å². The summed E-state index contributed by atoms with van der Waals surface area (Å²) in [6.07, 6.45) is 10.8. The number of nitrogens with zero attached hydrogens (tertiary/aromatic N) is 1. The number of Topliss-reactive ketones (excluding diaryl/α,β-unsaturated/α-hetero) is 1. The van der Waals surface area contributed by atoms with Crippen LogP contribution in [0.4, 0.5) is 0 Å². The first kappa shape index (κ1) is 16.9. The highest BCUT2D eigenvalue weighted by molar-refractivity contribution is 5.90. The van der Waals surface area contributed by atoms with Crippen molar-refractivity contribution in [1.29, 1.82) is 0 Å². The van der Waals surface area contributed by atoms with Crippen molar-refractivity contribution in [1.82, 2.24) is 10.2 Å². The number of rotatable bonds is 4. The maximum Gasteiger partial charge on any atom is 0.238 e. The van der Waals surface area contributed by atoms with Gasteiger partial charge in [0.2, 0.25) is 5.91 Å². The van der Waals surface area contributed by atoms with Crippen molar-refractivity contribution in [3.63, 3.8) is 0 Å². The molecule has 0 aromatic heterocycles. The molecule has 0 aromatic rings. The van der Waals surface area contributed by atoms with Gasteiger partial charge in [-0.3, -0.25) is 14.5 Å². The van der Waals surface area contributed by atoms with Crippen molar-refractivity contribution in [3.8, 4) is 0 Å². The van der Waals surface area contributed by atoms with E-state index in [2.05, 4.69) is 17.3 Å². The lowest BCUT2D eigenvalue weighted by atomic mass is 9.78. The normalized spacial score (nSPS) is 33.9. The van der Waals surface area contributed by atoms with Crippen LogP contribution < -0.4 is 5.32 Å². The average molecular weight is 320 g/mol. The number of likely N-dealkylation sites (N-methyl/N-ethyl adjacent to an activating group) is 1. The standard InChI is InChI=1S/C19H32N2O2/c1-13(22)17(14-8-4-3-5-9-14)20-19(23)18-16-11-7-6-10-15(16)12-21(18)2/h14-18H,3-12H2,1-2H3,(H,20,23)/t15?,16?,17-,18+/m1/s1. The van der Waals surface area contributed by atoms with Gasteiger partial charge in [-0.15, -0.1) is 0 Å². The molecule has 4 heteroatoms. The summed E-state index contributed by atoms with van der Waals surface area (Å²) in [7, 11) is 2.08. The molecule has 4 atom stereocenters. The Morgan fingerprint density at radius 3 is 2.35 bits per heavy atom. The minimum Gasteiger partial charge on any atom is -0.345 e. The summed E-state index contributed by atoms with van der Waals surface area (Å²) in [5.41, 5.74) is 0. The van der Waals surface area contributed by atoms with Crippen molar-refractivity contribution >= 4 is 11.7 Å². The second-order valence-electron chi connectivity index (χ2n) is 8.09. The van der Waals surface area contributed by atoms with Crippen LogP contribution in [0.5, 0.6) is 0 Å². The van der Waals surface area contributed by atoms with Gasteiger partial charge in [0.05, 0.1) is 12.1 Å². The summed E-state index contributed by atoms with van der Waals surface area (Å²) in [6, 6.07) is -0.287. The van der Waals surface area contributed by atoms with Gasteiger partial charge in [0.15, 0.2) is 5.78 Å². The summed E-state index contributed by atoms with van der Waals surface area (Å²) < 4.78 is 0. The zero-order valence-electron chi connectivity index (χ0n) is 14.7. The topological polar surface area (TPSA) is 49.4 Å². The van der Waals surface area contributed by atoms with Crippen molar-refractivity contribution in [2.75, 3.05) is 13.6 Å². The number of amides is 1. The Kier molecular flexibility index (Phi) is 5.40. The van der Waals surface area contributed by atoms with Gasteiger partial charge in [0, 0.05) is 6.54 Å². The Balaban J connectivity index is 1.67. The largest absolute Gasteiger partial charge is 0.345 e. The van der Waals surface area contributed by atoms with Crippen LogP contribution in [0.15, 0.2) is 0 Å². The molecule has 4 nitrogen and oxygen atoms in total. The molecule has 3 aliphatic rings. The molecule has 0 spiro atoms. The summed E-state index contributed by atoms with van der Waals surface area (Å²) in [5.74, 6) is 1.75. The lowest BCUT2D eigenvalue weighted by molar-refractivity contribution is -0.132. The van der Waals surface area contributed by atoms with Gasteiger partial charge in [-0.25, -0.2) is 0 Å². The third-order valence-electron chi connectivity index (χ3n) is 6.50. The fourth-order valence-corrected chi connectivity index (χ4v) is 5.34. The SMILES string of the molecule is CC(=O)[C@@H](NC(=O)[C@@H]1C2CCCCC2CN1C)C1CCCCC1. The summed E-state index contributed by atoms with van der Waals surface area (Å²) >= 11 is 0. The number of hydrogen-bond acceptors (Lipinski definition) is 3. The Bertz CT molecular complexity index is 445. The molecule has 1 saturated heterocycles. The van der Waals surface area contributed by atoms with Gasteiger partial charge in [-0.2, -0.15) is 0 Å². The Hall–Kier alpha value is -0.900. The summed E-state index contributed by atoms with van der Waals surface area (Å²) in [5, 5.41) is 3.16. The maximum atomic E-state index is 13.0. The molecule has 2 saturated carbocycles. The maximum absolute atomic E-state index is 13.0. The molecule has 3 rings (SSSR count). The van der Waals surface area contributed by atoms with Gasteiger partial charge in [-0.05, 0) is 57.4 Å². The van der Waals surface area contributed by atoms with Crippen LogP contribution in [0.25, 0.3) is 0 Å². The fraction of sp³-hybridized carbons (Fsp3) is 0.895. The number of nitrogens with one attached hydrogen (secondary N) is 1. The molecular weight excluding hydrogens is 288 g/mol. The number of fused-ring (bicyclic) bond motifs is 1. The van der Waals surface area contributed by atoms with Gasteiger partial charge in [-0.1, -0.05) is 32.1 Å². The summed E-state index contributed by atoms with van der Waals surface area (Å²) in [6.45, 7) is 2.68. The van der Waals surface area contributed by atoms with Crippen LogP contribution in [0.1, 0.15) is 64.7 Å². The smallest absolute Gasteiger partial charge is 0.238 e. The highest BCUT2D eigenvalue weighted by Gasteiger charge is 2.45. The molecule has 0 radical (unpaired) electrons. The molecule has 130 valence electrons. The third kappa shape index (κ3) is 3.62. The molecule has 1 aliphatic heterocycles. The first-order chi connectivity index (χ1) is 11.1. The van der Waals surface area contributed by atoms with Crippen molar-refractivity contribution in [3.05, 3.63) is 0 Å². The zero-order chi connectivity index (χ0) is 16.4. The highest BCUT2D eigenvalue weighted by atomic mass is 16.2. The average Bonchev–Trinajstić information content (AvgIpc) is 2.88. The molecule has 0 aromatic carbocycles. The van der Waals surface area contributed by atoms with Crippen LogP contribution in [-0.4, -0.2) is 42.3 Å². The van der Waals surface area contributed by atoms with Crippen LogP contribution in [0, 0.1) is 17.8 Å². The van der Waals surface area contributed by atoms with E-state index in [1.807, 2.05) is 0 Å². The van der Waals surface area contributed by atoms with Gasteiger partial charge in [0.25, 0.3) is 0 Å². The van der Waals surface area contributed by atoms with E-state index < -0.39 is 0 Å². The predicted octanol–water partition coefficient (Wildman–Crippen LogP) is 2.76. The van der Waals surface area contributed by atoms with E-state index in [9.17, 15) is 9.59 Å². The van der Waals surface area contributed by atoms with Gasteiger partial charge < -0.3 is 5.32 Å². The molecule has 23 heavy (non-hydrogen) atoms. The number of carbonyl (C=O) groups is 2. The quantitative estimate of drug-likeness (QED) is 0.866. The molecule has 3 fully saturated rings. The summed E-state index contributed by atoms with van der Waals surface area (Å²) in [4.78, 5) is 27.3. The second-order valence-corrected chi connectivity index (χ2v) is 8.09. The lowest BCUT2D eigenvalue weighted by Crippen LogP contribution is -2.53. The van der Waals surface area contributed by atoms with E-state index in [1.165, 1.54) is 44.9 Å². The van der Waals surface area contributed by atoms with Crippen molar-refractivity contribution in [2.45, 2.75) is 76.8 Å².